The van der Waals surface area contributed by atoms with Gasteiger partial charge in [0.15, 0.2) is 0 Å². The molecule has 0 aromatic heterocycles. The van der Waals surface area contributed by atoms with Crippen LogP contribution in [0.15, 0.2) is 48.5 Å². The summed E-state index contributed by atoms with van der Waals surface area (Å²) in [6.07, 6.45) is 1.64. The summed E-state index contributed by atoms with van der Waals surface area (Å²) in [7, 11) is 0. The van der Waals surface area contributed by atoms with Crippen molar-refractivity contribution in [3.05, 3.63) is 71.0 Å². The molecule has 0 spiro atoms. The molecule has 3 rings (SSSR count). The lowest BCUT2D eigenvalue weighted by Gasteiger charge is -2.33. The van der Waals surface area contributed by atoms with E-state index >= 15 is 0 Å². The van der Waals surface area contributed by atoms with Crippen molar-refractivity contribution in [3.8, 4) is 6.07 Å². The fourth-order valence-corrected chi connectivity index (χ4v) is 3.66. The number of hydrogen-bond donors (Lipinski definition) is 1. The van der Waals surface area contributed by atoms with E-state index in [1.165, 1.54) is 17.7 Å². The van der Waals surface area contributed by atoms with Gasteiger partial charge in [-0.2, -0.15) is 5.26 Å². The molecule has 134 valence electrons. The molecule has 3 unspecified atom stereocenters. The number of piperidine rings is 1. The minimum atomic E-state index is -0.753. The Labute approximate surface area is 153 Å². The maximum absolute atomic E-state index is 13.2. The second-order valence-electron chi connectivity index (χ2n) is 7.40. The maximum Gasteiger partial charge on any atom is 0.238 e. The van der Waals surface area contributed by atoms with Crippen molar-refractivity contribution < 1.29 is 9.18 Å². The van der Waals surface area contributed by atoms with Crippen LogP contribution in [0.2, 0.25) is 0 Å². The fourth-order valence-electron chi connectivity index (χ4n) is 3.66. The zero-order valence-electron chi connectivity index (χ0n) is 15.1. The highest BCUT2D eigenvalue weighted by Gasteiger charge is 2.38. The van der Waals surface area contributed by atoms with E-state index in [1.807, 2.05) is 0 Å². The second-order valence-corrected chi connectivity index (χ2v) is 7.40. The third-order valence-electron chi connectivity index (χ3n) is 4.95. The number of hydrogen-bond acceptors (Lipinski definition) is 2. The van der Waals surface area contributed by atoms with Crippen molar-refractivity contribution >= 4 is 5.91 Å². The van der Waals surface area contributed by atoms with Crippen LogP contribution in [0.5, 0.6) is 0 Å². The van der Waals surface area contributed by atoms with E-state index in [1.54, 1.807) is 12.1 Å². The zero-order chi connectivity index (χ0) is 18.7. The molecule has 1 aliphatic heterocycles. The molecule has 3 atom stereocenters. The quantitative estimate of drug-likeness (QED) is 0.882. The van der Waals surface area contributed by atoms with Crippen LogP contribution in [-0.4, -0.2) is 5.91 Å². The molecule has 0 bridgehead atoms. The van der Waals surface area contributed by atoms with Gasteiger partial charge in [-0.05, 0) is 47.6 Å². The molecule has 26 heavy (non-hydrogen) atoms. The van der Waals surface area contributed by atoms with Gasteiger partial charge in [-0.3, -0.25) is 4.79 Å². The van der Waals surface area contributed by atoms with Gasteiger partial charge in [0.05, 0.1) is 12.1 Å². The minimum Gasteiger partial charge on any atom is -0.348 e. The van der Waals surface area contributed by atoms with Crippen LogP contribution in [0.1, 0.15) is 48.9 Å². The number of nitriles is 1. The van der Waals surface area contributed by atoms with Crippen LogP contribution >= 0.6 is 0 Å². The van der Waals surface area contributed by atoms with Crippen molar-refractivity contribution in [3.63, 3.8) is 0 Å². The molecular weight excluding hydrogens is 327 g/mol. The van der Waals surface area contributed by atoms with E-state index in [0.29, 0.717) is 12.3 Å². The summed E-state index contributed by atoms with van der Waals surface area (Å²) in [5.74, 6) is -0.981. The molecular formula is C22H23FN2O. The van der Waals surface area contributed by atoms with Gasteiger partial charge in [0.1, 0.15) is 11.7 Å². The SMILES string of the molecule is CC(C)Cc1ccc(C2CC(c3ccc(F)cc3)C(C#N)C(=O)N2)cc1. The standard InChI is InChI=1S/C22H23FN2O/c1-14(2)11-15-3-5-17(6-4-15)21-12-19(20(13-24)22(26)25-21)16-7-9-18(23)10-8-16/h3-10,14,19-21H,11-12H2,1-2H3,(H,25,26). The Bertz CT molecular complexity index is 806. The van der Waals surface area contributed by atoms with Crippen LogP contribution in [-0.2, 0) is 11.2 Å². The Morgan fingerprint density at radius 3 is 2.31 bits per heavy atom. The van der Waals surface area contributed by atoms with Crippen molar-refractivity contribution in [1.29, 1.82) is 5.26 Å². The molecule has 1 fully saturated rings. The predicted octanol–water partition coefficient (Wildman–Crippen LogP) is 4.51. The van der Waals surface area contributed by atoms with Gasteiger partial charge in [-0.15, -0.1) is 0 Å². The van der Waals surface area contributed by atoms with Crippen molar-refractivity contribution in [2.24, 2.45) is 11.8 Å². The predicted molar refractivity (Wildman–Crippen MR) is 98.7 cm³/mol. The molecule has 2 aromatic carbocycles. The second kappa shape index (κ2) is 7.70. The molecule has 4 heteroatoms. The lowest BCUT2D eigenvalue weighted by molar-refractivity contribution is -0.126. The van der Waals surface area contributed by atoms with Gasteiger partial charge in [0.2, 0.25) is 5.91 Å². The summed E-state index contributed by atoms with van der Waals surface area (Å²) in [6, 6.07) is 16.4. The Morgan fingerprint density at radius 1 is 1.12 bits per heavy atom. The van der Waals surface area contributed by atoms with E-state index < -0.39 is 5.92 Å². The van der Waals surface area contributed by atoms with Crippen LogP contribution in [0.3, 0.4) is 0 Å². The Morgan fingerprint density at radius 2 is 1.73 bits per heavy atom. The first-order chi connectivity index (χ1) is 12.5. The first-order valence-corrected chi connectivity index (χ1v) is 9.02. The number of amides is 1. The van der Waals surface area contributed by atoms with E-state index in [9.17, 15) is 14.4 Å². The summed E-state index contributed by atoms with van der Waals surface area (Å²) in [5, 5.41) is 12.4. The third-order valence-corrected chi connectivity index (χ3v) is 4.95. The molecule has 1 aliphatic rings. The van der Waals surface area contributed by atoms with Gasteiger partial charge in [0, 0.05) is 5.92 Å². The highest BCUT2D eigenvalue weighted by atomic mass is 19.1. The van der Waals surface area contributed by atoms with Gasteiger partial charge < -0.3 is 5.32 Å². The number of halogens is 1. The van der Waals surface area contributed by atoms with E-state index in [0.717, 1.165) is 17.5 Å². The molecule has 1 amide bonds. The monoisotopic (exact) mass is 350 g/mol. The fraction of sp³-hybridized carbons (Fsp3) is 0.364. The van der Waals surface area contributed by atoms with Gasteiger partial charge in [0.25, 0.3) is 0 Å². The zero-order valence-corrected chi connectivity index (χ0v) is 15.1. The first kappa shape index (κ1) is 18.1. The molecule has 1 N–H and O–H groups in total. The summed E-state index contributed by atoms with van der Waals surface area (Å²) < 4.78 is 13.2. The largest absolute Gasteiger partial charge is 0.348 e. The number of benzene rings is 2. The molecule has 0 radical (unpaired) electrons. The average molecular weight is 350 g/mol. The number of carbonyl (C=O) groups is 1. The number of carbonyl (C=O) groups excluding carboxylic acids is 1. The minimum absolute atomic E-state index is 0.143. The first-order valence-electron chi connectivity index (χ1n) is 9.02. The summed E-state index contributed by atoms with van der Waals surface area (Å²) in [6.45, 7) is 4.37. The molecule has 0 saturated carbocycles. The Kier molecular flexibility index (Phi) is 5.37. The average Bonchev–Trinajstić information content (AvgIpc) is 2.62. The summed E-state index contributed by atoms with van der Waals surface area (Å²) >= 11 is 0. The lowest BCUT2D eigenvalue weighted by Crippen LogP contribution is -2.42. The van der Waals surface area contributed by atoms with Crippen molar-refractivity contribution in [2.45, 2.75) is 38.6 Å². The molecule has 0 aliphatic carbocycles. The number of nitrogens with zero attached hydrogens (tertiary/aromatic N) is 1. The van der Waals surface area contributed by atoms with Crippen LogP contribution in [0.4, 0.5) is 4.39 Å². The van der Waals surface area contributed by atoms with Crippen LogP contribution in [0.25, 0.3) is 0 Å². The highest BCUT2D eigenvalue weighted by Crippen LogP contribution is 2.38. The van der Waals surface area contributed by atoms with Crippen molar-refractivity contribution in [1.82, 2.24) is 5.32 Å². The number of nitrogens with one attached hydrogen (secondary N) is 1. The van der Waals surface area contributed by atoms with E-state index in [-0.39, 0.29) is 23.7 Å². The summed E-state index contributed by atoms with van der Waals surface area (Å²) in [4.78, 5) is 12.5. The molecule has 3 nitrogen and oxygen atoms in total. The van der Waals surface area contributed by atoms with Gasteiger partial charge in [-0.25, -0.2) is 4.39 Å². The molecule has 1 saturated heterocycles. The molecule has 2 aromatic rings. The lowest BCUT2D eigenvalue weighted by atomic mass is 9.77. The third kappa shape index (κ3) is 3.94. The van der Waals surface area contributed by atoms with Crippen LogP contribution < -0.4 is 5.32 Å². The van der Waals surface area contributed by atoms with E-state index in [4.69, 9.17) is 0 Å². The highest BCUT2D eigenvalue weighted by molar-refractivity contribution is 5.83. The normalized spacial score (nSPS) is 22.7. The van der Waals surface area contributed by atoms with Crippen molar-refractivity contribution in [2.75, 3.05) is 0 Å². The number of rotatable bonds is 4. The van der Waals surface area contributed by atoms with E-state index in [2.05, 4.69) is 49.5 Å². The topological polar surface area (TPSA) is 52.9 Å². The maximum atomic E-state index is 13.2. The Hall–Kier alpha value is -2.67. The smallest absolute Gasteiger partial charge is 0.238 e. The summed E-state index contributed by atoms with van der Waals surface area (Å²) in [5.41, 5.74) is 3.14. The van der Waals surface area contributed by atoms with Gasteiger partial charge in [-0.1, -0.05) is 50.2 Å². The molecule has 1 heterocycles. The van der Waals surface area contributed by atoms with Gasteiger partial charge >= 0.3 is 0 Å². The van der Waals surface area contributed by atoms with Crippen LogP contribution in [0, 0.1) is 29.0 Å². The Balaban J connectivity index is 1.84.